The van der Waals surface area contributed by atoms with Gasteiger partial charge >= 0.3 is 6.05 Å². The van der Waals surface area contributed by atoms with Crippen LogP contribution in [0, 0.1) is 0 Å². The number of carbonyl (C=O) groups is 1. The molecule has 0 amide bonds. The third-order valence-corrected chi connectivity index (χ3v) is 5.85. The van der Waals surface area contributed by atoms with Crippen LogP contribution in [0.1, 0.15) is 11.1 Å². The fraction of sp³-hybridized carbons (Fsp3) is 0.318. The van der Waals surface area contributed by atoms with Crippen LogP contribution in [-0.2, 0) is 21.4 Å². The molecule has 35 heavy (non-hydrogen) atoms. The van der Waals surface area contributed by atoms with Crippen LogP contribution in [0.15, 0.2) is 35.7 Å². The Bertz CT molecular complexity index is 1180. The number of anilines is 1. The van der Waals surface area contributed by atoms with Crippen LogP contribution in [0.25, 0.3) is 6.08 Å². The van der Waals surface area contributed by atoms with Crippen molar-refractivity contribution in [3.63, 3.8) is 0 Å². The standard InChI is InChI=1S/C22H26F2N2O8S/c1-26(22(23,24)21(27)28)13-14-10-15(6-7-18(14)32-3)25-35(29,30)9-8-17-19(33-4)11-16(31-2)12-20(17)34-5/h6-12,25H,13H2,1-5H3,(H,27,28)/p-1/b9-8+. The lowest BCUT2D eigenvalue weighted by atomic mass is 10.1. The number of alkyl halides is 2. The van der Waals surface area contributed by atoms with Gasteiger partial charge in [0.25, 0.3) is 10.0 Å². The third kappa shape index (κ3) is 6.73. The fourth-order valence-corrected chi connectivity index (χ4v) is 3.87. The van der Waals surface area contributed by atoms with Crippen LogP contribution < -0.4 is 28.8 Å². The Morgan fingerprint density at radius 2 is 1.60 bits per heavy atom. The average Bonchev–Trinajstić information content (AvgIpc) is 2.81. The van der Waals surface area contributed by atoms with Crippen molar-refractivity contribution < 1.29 is 46.0 Å². The molecule has 0 heterocycles. The van der Waals surface area contributed by atoms with Crippen LogP contribution >= 0.6 is 0 Å². The summed E-state index contributed by atoms with van der Waals surface area (Å²) in [6.45, 7) is -0.574. The average molecular weight is 516 g/mol. The second-order valence-electron chi connectivity index (χ2n) is 7.11. The van der Waals surface area contributed by atoms with Gasteiger partial charge in [-0.2, -0.15) is 8.78 Å². The largest absolute Gasteiger partial charge is 0.543 e. The molecule has 2 aromatic carbocycles. The number of carboxylic acid groups (broad SMARTS) is 1. The predicted molar refractivity (Wildman–Crippen MR) is 122 cm³/mol. The molecule has 0 spiro atoms. The lowest BCUT2D eigenvalue weighted by molar-refractivity contribution is -0.343. The Labute approximate surface area is 201 Å². The van der Waals surface area contributed by atoms with Crippen LogP contribution in [0.5, 0.6) is 23.0 Å². The summed E-state index contributed by atoms with van der Waals surface area (Å²) in [5, 5.41) is 11.6. The number of nitrogens with one attached hydrogen (secondary N) is 1. The number of methoxy groups -OCH3 is 4. The highest BCUT2D eigenvalue weighted by Crippen LogP contribution is 2.35. The minimum Gasteiger partial charge on any atom is -0.543 e. The summed E-state index contributed by atoms with van der Waals surface area (Å²) in [4.78, 5) is 11.0. The van der Waals surface area contributed by atoms with Crippen molar-refractivity contribution in [3.05, 3.63) is 46.9 Å². The maximum atomic E-state index is 13.7. The van der Waals surface area contributed by atoms with Gasteiger partial charge in [0, 0.05) is 29.9 Å². The zero-order chi connectivity index (χ0) is 26.4. The lowest BCUT2D eigenvalue weighted by Gasteiger charge is -2.28. The number of ether oxygens (including phenoxy) is 4. The summed E-state index contributed by atoms with van der Waals surface area (Å²) in [7, 11) is 2.34. The van der Waals surface area contributed by atoms with E-state index in [0.29, 0.717) is 22.8 Å². The molecule has 2 rings (SSSR count). The van der Waals surface area contributed by atoms with E-state index in [-0.39, 0.29) is 21.9 Å². The first-order chi connectivity index (χ1) is 16.4. The van der Waals surface area contributed by atoms with E-state index in [4.69, 9.17) is 18.9 Å². The first kappa shape index (κ1) is 27.7. The molecule has 0 unspecified atom stereocenters. The first-order valence-corrected chi connectivity index (χ1v) is 11.4. The van der Waals surface area contributed by atoms with Crippen molar-refractivity contribution in [1.29, 1.82) is 0 Å². The lowest BCUT2D eigenvalue weighted by Crippen LogP contribution is -2.52. The van der Waals surface area contributed by atoms with E-state index in [1.807, 2.05) is 0 Å². The molecule has 0 aromatic heterocycles. The molecule has 0 fully saturated rings. The maximum Gasteiger partial charge on any atom is 0.346 e. The SMILES string of the molecule is COc1cc(OC)c(/C=C/S(=O)(=O)Nc2ccc(OC)c(CN(C)C(F)(F)C(=O)[O-])c2)c(OC)c1. The Hall–Kier alpha value is -3.58. The summed E-state index contributed by atoms with van der Waals surface area (Å²) in [6.07, 6.45) is 1.26. The second-order valence-corrected chi connectivity index (χ2v) is 8.67. The zero-order valence-corrected chi connectivity index (χ0v) is 20.4. The second kappa shape index (κ2) is 11.2. The minimum absolute atomic E-state index is 0.0317. The number of hydrogen-bond acceptors (Lipinski definition) is 9. The molecule has 13 heteroatoms. The van der Waals surface area contributed by atoms with Gasteiger partial charge < -0.3 is 28.8 Å². The molecule has 0 bridgehead atoms. The summed E-state index contributed by atoms with van der Waals surface area (Å²) in [5.41, 5.74) is 0.477. The number of sulfonamides is 1. The minimum atomic E-state index is -4.25. The Morgan fingerprint density at radius 3 is 2.09 bits per heavy atom. The highest BCUT2D eigenvalue weighted by molar-refractivity contribution is 7.95. The fourth-order valence-electron chi connectivity index (χ4n) is 3.03. The molecule has 0 aliphatic carbocycles. The van der Waals surface area contributed by atoms with Gasteiger partial charge in [0.2, 0.25) is 0 Å². The van der Waals surface area contributed by atoms with Crippen LogP contribution in [0.4, 0.5) is 14.5 Å². The predicted octanol–water partition coefficient (Wildman–Crippen LogP) is 1.91. The van der Waals surface area contributed by atoms with Crippen molar-refractivity contribution >= 4 is 27.8 Å². The number of likely N-dealkylation sites (N-methyl/N-ethyl adjacent to an activating group) is 1. The third-order valence-electron chi connectivity index (χ3n) is 4.84. The van der Waals surface area contributed by atoms with Gasteiger partial charge in [-0.15, -0.1) is 0 Å². The molecule has 0 saturated heterocycles. The topological polar surface area (TPSA) is 126 Å². The van der Waals surface area contributed by atoms with E-state index in [1.54, 1.807) is 12.1 Å². The molecule has 0 aliphatic heterocycles. The molecule has 192 valence electrons. The van der Waals surface area contributed by atoms with Crippen LogP contribution in [-0.4, -0.2) is 60.8 Å². The molecule has 2 aromatic rings. The Kier molecular flexibility index (Phi) is 8.88. The van der Waals surface area contributed by atoms with Crippen molar-refractivity contribution in [2.24, 2.45) is 0 Å². The first-order valence-electron chi connectivity index (χ1n) is 9.86. The quantitative estimate of drug-likeness (QED) is 0.422. The van der Waals surface area contributed by atoms with E-state index in [1.165, 1.54) is 52.7 Å². The molecule has 10 nitrogen and oxygen atoms in total. The Balaban J connectivity index is 2.34. The number of carbonyl (C=O) groups excluding carboxylic acids is 1. The van der Waals surface area contributed by atoms with E-state index in [2.05, 4.69) is 4.72 Å². The number of hydrogen-bond donors (Lipinski definition) is 1. The van der Waals surface area contributed by atoms with E-state index < -0.39 is 28.6 Å². The normalized spacial score (nSPS) is 12.0. The van der Waals surface area contributed by atoms with Crippen molar-refractivity contribution in [3.8, 4) is 23.0 Å². The number of rotatable bonds is 12. The molecule has 0 atom stereocenters. The van der Waals surface area contributed by atoms with Crippen LogP contribution in [0.2, 0.25) is 0 Å². The van der Waals surface area contributed by atoms with Gasteiger partial charge in [-0.1, -0.05) is 0 Å². The number of benzene rings is 2. The number of nitrogens with zero attached hydrogens (tertiary/aromatic N) is 1. The molecule has 0 radical (unpaired) electrons. The van der Waals surface area contributed by atoms with Crippen molar-refractivity contribution in [2.75, 3.05) is 40.2 Å². The summed E-state index contributed by atoms with van der Waals surface area (Å²) in [5.74, 6) is -1.37. The van der Waals surface area contributed by atoms with Gasteiger partial charge in [0.15, 0.2) is 0 Å². The van der Waals surface area contributed by atoms with Crippen molar-refractivity contribution in [1.82, 2.24) is 4.90 Å². The molecule has 1 N–H and O–H groups in total. The number of halogens is 2. The molecule has 0 aliphatic rings. The van der Waals surface area contributed by atoms with Gasteiger partial charge in [-0.05, 0) is 31.3 Å². The van der Waals surface area contributed by atoms with Gasteiger partial charge in [-0.3, -0.25) is 4.72 Å². The van der Waals surface area contributed by atoms with E-state index >= 15 is 0 Å². The monoisotopic (exact) mass is 515 g/mol. The molecule has 0 saturated carbocycles. The Morgan fingerprint density at radius 1 is 1.03 bits per heavy atom. The summed E-state index contributed by atoms with van der Waals surface area (Å²) in [6, 6.07) is 2.82. The van der Waals surface area contributed by atoms with Gasteiger partial charge in [0.05, 0.1) is 39.4 Å². The van der Waals surface area contributed by atoms with Crippen LogP contribution in [0.3, 0.4) is 0 Å². The van der Waals surface area contributed by atoms with E-state index in [0.717, 1.165) is 12.5 Å². The van der Waals surface area contributed by atoms with Crippen molar-refractivity contribution in [2.45, 2.75) is 12.6 Å². The summed E-state index contributed by atoms with van der Waals surface area (Å²) >= 11 is 0. The maximum absolute atomic E-state index is 13.7. The highest BCUT2D eigenvalue weighted by atomic mass is 32.2. The zero-order valence-electron chi connectivity index (χ0n) is 19.6. The molecular weight excluding hydrogens is 490 g/mol. The smallest absolute Gasteiger partial charge is 0.346 e. The van der Waals surface area contributed by atoms with Gasteiger partial charge in [0.1, 0.15) is 29.0 Å². The molecular formula is C22H25F2N2O8S-. The number of aliphatic carboxylic acids is 1. The number of carboxylic acids is 1. The summed E-state index contributed by atoms with van der Waals surface area (Å²) < 4.78 is 76.0. The van der Waals surface area contributed by atoms with E-state index in [9.17, 15) is 27.1 Å². The van der Waals surface area contributed by atoms with Gasteiger partial charge in [-0.25, -0.2) is 13.3 Å². The highest BCUT2D eigenvalue weighted by Gasteiger charge is 2.36.